The summed E-state index contributed by atoms with van der Waals surface area (Å²) in [5, 5.41) is 0. The lowest BCUT2D eigenvalue weighted by Gasteiger charge is -2.34. The molecule has 0 saturated heterocycles. The second-order valence-corrected chi connectivity index (χ2v) is 6.53. The average molecular weight is 254 g/mol. The minimum Gasteiger partial charge on any atom is -0.324 e. The topological polar surface area (TPSA) is 30.9 Å². The number of aryl methyl sites for hydroxylation is 1. The van der Waals surface area contributed by atoms with E-state index in [1.165, 1.54) is 22.5 Å². The molecule has 0 amide bonds. The van der Waals surface area contributed by atoms with Crippen molar-refractivity contribution in [3.63, 3.8) is 0 Å². The Bertz CT molecular complexity index is 607. The maximum Gasteiger partial charge on any atom is 0.0481 e. The number of hydrogen-bond donors (Lipinski definition) is 1. The first-order valence-corrected chi connectivity index (χ1v) is 7.00. The molecule has 1 aromatic carbocycles. The molecule has 1 heterocycles. The van der Waals surface area contributed by atoms with Gasteiger partial charge in [-0.3, -0.25) is 0 Å². The molecule has 0 aliphatic heterocycles. The van der Waals surface area contributed by atoms with Crippen LogP contribution in [0.4, 0.5) is 0 Å². The van der Waals surface area contributed by atoms with Gasteiger partial charge in [-0.05, 0) is 48.4 Å². The average Bonchev–Trinajstić information content (AvgIpc) is 2.72. The van der Waals surface area contributed by atoms with Gasteiger partial charge in [0, 0.05) is 23.6 Å². The van der Waals surface area contributed by atoms with E-state index in [0.717, 1.165) is 12.8 Å². The van der Waals surface area contributed by atoms with Gasteiger partial charge in [0.05, 0.1) is 0 Å². The third-order valence-corrected chi connectivity index (χ3v) is 4.22. The first-order chi connectivity index (χ1) is 8.98. The number of nitrogens with zero attached hydrogens (tertiary/aromatic N) is 1. The van der Waals surface area contributed by atoms with Crippen molar-refractivity contribution in [1.82, 2.24) is 4.57 Å². The van der Waals surface area contributed by atoms with E-state index in [0.29, 0.717) is 0 Å². The van der Waals surface area contributed by atoms with Gasteiger partial charge in [-0.2, -0.15) is 0 Å². The Hall–Kier alpha value is -1.54. The maximum absolute atomic E-state index is 6.34. The van der Waals surface area contributed by atoms with Crippen LogP contribution in [-0.2, 0) is 6.42 Å². The number of fused-ring (bicyclic) bond motifs is 1. The molecule has 2 heteroatoms. The molecule has 19 heavy (non-hydrogen) atoms. The van der Waals surface area contributed by atoms with Gasteiger partial charge in [-0.15, -0.1) is 0 Å². The van der Waals surface area contributed by atoms with Gasteiger partial charge >= 0.3 is 0 Å². The van der Waals surface area contributed by atoms with Crippen LogP contribution in [0.15, 0.2) is 36.5 Å². The zero-order valence-corrected chi connectivity index (χ0v) is 12.0. The van der Waals surface area contributed by atoms with E-state index in [-0.39, 0.29) is 11.5 Å². The highest BCUT2D eigenvalue weighted by atomic mass is 15.0. The normalized spacial score (nSPS) is 21.2. The Morgan fingerprint density at radius 2 is 1.95 bits per heavy atom. The van der Waals surface area contributed by atoms with Crippen LogP contribution in [0.3, 0.4) is 0 Å². The summed E-state index contributed by atoms with van der Waals surface area (Å²) in [5.41, 5.74) is 11.9. The number of para-hydroxylation sites is 1. The van der Waals surface area contributed by atoms with E-state index in [1.54, 1.807) is 0 Å². The van der Waals surface area contributed by atoms with Crippen LogP contribution < -0.4 is 5.73 Å². The summed E-state index contributed by atoms with van der Waals surface area (Å²) in [7, 11) is 0. The number of rotatable bonds is 1. The molecule has 0 radical (unpaired) electrons. The first-order valence-electron chi connectivity index (χ1n) is 7.00. The molecule has 2 nitrogen and oxygen atoms in total. The fourth-order valence-electron chi connectivity index (χ4n) is 3.30. The lowest BCUT2D eigenvalue weighted by Crippen LogP contribution is -2.30. The van der Waals surface area contributed by atoms with Crippen LogP contribution in [0.2, 0.25) is 0 Å². The molecule has 3 rings (SSSR count). The quantitative estimate of drug-likeness (QED) is 0.825. The molecule has 0 bridgehead atoms. The molecule has 1 aliphatic carbocycles. The first kappa shape index (κ1) is 12.5. The van der Waals surface area contributed by atoms with Crippen molar-refractivity contribution in [2.45, 2.75) is 39.7 Å². The van der Waals surface area contributed by atoms with Crippen LogP contribution in [0.5, 0.6) is 0 Å². The van der Waals surface area contributed by atoms with E-state index in [9.17, 15) is 0 Å². The minimum absolute atomic E-state index is 0.170. The van der Waals surface area contributed by atoms with E-state index >= 15 is 0 Å². The molecule has 0 spiro atoms. The van der Waals surface area contributed by atoms with Crippen molar-refractivity contribution < 1.29 is 0 Å². The zero-order chi connectivity index (χ0) is 13.6. The second-order valence-electron chi connectivity index (χ2n) is 6.53. The third-order valence-electron chi connectivity index (χ3n) is 4.22. The van der Waals surface area contributed by atoms with Gasteiger partial charge in [0.25, 0.3) is 0 Å². The van der Waals surface area contributed by atoms with Crippen LogP contribution in [0.25, 0.3) is 5.69 Å². The summed E-state index contributed by atoms with van der Waals surface area (Å²) in [6.45, 7) is 6.78. The molecule has 1 atom stereocenters. The van der Waals surface area contributed by atoms with Gasteiger partial charge in [-0.25, -0.2) is 0 Å². The van der Waals surface area contributed by atoms with Crippen molar-refractivity contribution in [2.24, 2.45) is 11.1 Å². The predicted molar refractivity (Wildman–Crippen MR) is 79.5 cm³/mol. The van der Waals surface area contributed by atoms with Gasteiger partial charge in [-0.1, -0.05) is 32.0 Å². The summed E-state index contributed by atoms with van der Waals surface area (Å²) in [5.74, 6) is 0. The monoisotopic (exact) mass is 254 g/mol. The largest absolute Gasteiger partial charge is 0.324 e. The summed E-state index contributed by atoms with van der Waals surface area (Å²) < 4.78 is 2.32. The van der Waals surface area contributed by atoms with Crippen molar-refractivity contribution in [3.05, 3.63) is 53.3 Å². The fraction of sp³-hybridized carbons (Fsp3) is 0.412. The minimum atomic E-state index is 0.170. The molecular formula is C17H22N2. The molecular weight excluding hydrogens is 232 g/mol. The van der Waals surface area contributed by atoms with Crippen LogP contribution in [0, 0.1) is 12.3 Å². The lowest BCUT2D eigenvalue weighted by atomic mass is 9.74. The second kappa shape index (κ2) is 4.24. The molecule has 2 aromatic rings. The summed E-state index contributed by atoms with van der Waals surface area (Å²) in [6.07, 6.45) is 4.34. The maximum atomic E-state index is 6.34. The molecule has 1 aromatic heterocycles. The summed E-state index contributed by atoms with van der Waals surface area (Å²) in [6, 6.07) is 10.9. The van der Waals surface area contributed by atoms with Crippen LogP contribution >= 0.6 is 0 Å². The number of benzene rings is 1. The Labute approximate surface area is 115 Å². The van der Waals surface area contributed by atoms with Crippen LogP contribution in [-0.4, -0.2) is 4.57 Å². The fourth-order valence-corrected chi connectivity index (χ4v) is 3.30. The van der Waals surface area contributed by atoms with Gasteiger partial charge in [0.1, 0.15) is 0 Å². The third kappa shape index (κ3) is 2.10. The standard InChI is InChI=1S/C17H22N2/c1-12-6-4-5-7-15(12)19-9-8-13-14(18)10-17(2,3)11-16(13)19/h4-9,14H,10-11,18H2,1-3H3. The predicted octanol–water partition coefficient (Wildman–Crippen LogP) is 3.76. The number of aromatic nitrogens is 1. The lowest BCUT2D eigenvalue weighted by molar-refractivity contribution is 0.278. The highest BCUT2D eigenvalue weighted by molar-refractivity contribution is 5.45. The van der Waals surface area contributed by atoms with Crippen molar-refractivity contribution >= 4 is 0 Å². The number of nitrogens with two attached hydrogens (primary N) is 1. The molecule has 1 unspecified atom stereocenters. The number of hydrogen-bond acceptors (Lipinski definition) is 1. The van der Waals surface area contributed by atoms with E-state index < -0.39 is 0 Å². The van der Waals surface area contributed by atoms with E-state index in [4.69, 9.17) is 5.73 Å². The van der Waals surface area contributed by atoms with Gasteiger partial charge < -0.3 is 10.3 Å². The molecule has 0 fully saturated rings. The Morgan fingerprint density at radius 1 is 1.21 bits per heavy atom. The molecule has 2 N–H and O–H groups in total. The van der Waals surface area contributed by atoms with E-state index in [1.807, 2.05) is 0 Å². The summed E-state index contributed by atoms with van der Waals surface area (Å²) in [4.78, 5) is 0. The molecule has 100 valence electrons. The zero-order valence-electron chi connectivity index (χ0n) is 12.0. The van der Waals surface area contributed by atoms with Gasteiger partial charge in [0.15, 0.2) is 0 Å². The van der Waals surface area contributed by atoms with Crippen LogP contribution in [0.1, 0.15) is 43.1 Å². The van der Waals surface area contributed by atoms with E-state index in [2.05, 4.69) is 61.9 Å². The van der Waals surface area contributed by atoms with Crippen molar-refractivity contribution in [1.29, 1.82) is 0 Å². The van der Waals surface area contributed by atoms with Crippen molar-refractivity contribution in [3.8, 4) is 5.69 Å². The van der Waals surface area contributed by atoms with Crippen molar-refractivity contribution in [2.75, 3.05) is 0 Å². The molecule has 0 saturated carbocycles. The Balaban J connectivity index is 2.14. The highest BCUT2D eigenvalue weighted by Gasteiger charge is 2.32. The Kier molecular flexibility index (Phi) is 2.79. The Morgan fingerprint density at radius 3 is 2.68 bits per heavy atom. The summed E-state index contributed by atoms with van der Waals surface area (Å²) >= 11 is 0. The molecule has 1 aliphatic rings. The highest BCUT2D eigenvalue weighted by Crippen LogP contribution is 2.40. The van der Waals surface area contributed by atoms with Gasteiger partial charge in [0.2, 0.25) is 0 Å². The smallest absolute Gasteiger partial charge is 0.0481 e. The SMILES string of the molecule is Cc1ccccc1-n1ccc2c1CC(C)(C)CC2N.